The summed E-state index contributed by atoms with van der Waals surface area (Å²) >= 11 is 0. The number of rotatable bonds is 6. The fourth-order valence-electron chi connectivity index (χ4n) is 4.10. The van der Waals surface area contributed by atoms with Gasteiger partial charge in [0, 0.05) is 19.2 Å². The maximum absolute atomic E-state index is 13.2. The zero-order valence-electron chi connectivity index (χ0n) is 19.4. The van der Waals surface area contributed by atoms with Crippen molar-refractivity contribution in [3.05, 3.63) is 90.0 Å². The summed E-state index contributed by atoms with van der Waals surface area (Å²) in [5, 5.41) is 0. The van der Waals surface area contributed by atoms with Gasteiger partial charge in [-0.25, -0.2) is 8.42 Å². The third kappa shape index (κ3) is 4.78. The predicted octanol–water partition coefficient (Wildman–Crippen LogP) is 4.12. The van der Waals surface area contributed by atoms with E-state index >= 15 is 0 Å². The van der Waals surface area contributed by atoms with Gasteiger partial charge in [0.15, 0.2) is 0 Å². The van der Waals surface area contributed by atoms with Crippen molar-refractivity contribution in [3.8, 4) is 5.75 Å². The number of ether oxygens (including phenoxy) is 2. The molecule has 1 aliphatic heterocycles. The fraction of sp³-hybridized carbons (Fsp3) is 0.269. The Kier molecular flexibility index (Phi) is 6.90. The molecule has 34 heavy (non-hydrogen) atoms. The number of carbonyl (C=O) groups is 1. The number of para-hydroxylation sites is 2. The number of sulfonamides is 1. The summed E-state index contributed by atoms with van der Waals surface area (Å²) < 4.78 is 38.9. The predicted molar refractivity (Wildman–Crippen MR) is 131 cm³/mol. The number of hydrogen-bond donors (Lipinski definition) is 0. The maximum Gasteiger partial charge on any atom is 0.264 e. The van der Waals surface area contributed by atoms with Crippen LogP contribution in [0.3, 0.4) is 0 Å². The van der Waals surface area contributed by atoms with Crippen molar-refractivity contribution in [1.82, 2.24) is 4.90 Å². The van der Waals surface area contributed by atoms with Crippen molar-refractivity contribution in [3.63, 3.8) is 0 Å². The third-order valence-electron chi connectivity index (χ3n) is 5.90. The normalized spacial score (nSPS) is 18.4. The summed E-state index contributed by atoms with van der Waals surface area (Å²) in [6.45, 7) is 2.85. The van der Waals surface area contributed by atoms with E-state index in [0.717, 1.165) is 5.56 Å². The van der Waals surface area contributed by atoms with E-state index in [1.807, 2.05) is 37.3 Å². The molecule has 0 saturated carbocycles. The lowest BCUT2D eigenvalue weighted by Gasteiger charge is -2.37. The Bertz CT molecular complexity index is 1250. The van der Waals surface area contributed by atoms with Gasteiger partial charge >= 0.3 is 0 Å². The molecule has 0 N–H and O–H groups in total. The lowest BCUT2D eigenvalue weighted by Crippen LogP contribution is -2.46. The smallest absolute Gasteiger partial charge is 0.264 e. The summed E-state index contributed by atoms with van der Waals surface area (Å²) in [5.41, 5.74) is 1.88. The van der Waals surface area contributed by atoms with Gasteiger partial charge in [0.25, 0.3) is 15.9 Å². The van der Waals surface area contributed by atoms with Gasteiger partial charge in [-0.3, -0.25) is 9.10 Å². The SMILES string of the molecule is COc1ccccc1N(C)S(=O)(=O)c1ccc(C(=O)N2CC(C)OC(c3ccccc3)C2)cc1. The molecule has 1 aliphatic rings. The molecule has 2 unspecified atom stereocenters. The number of anilines is 1. The Labute approximate surface area is 200 Å². The van der Waals surface area contributed by atoms with Crippen molar-refractivity contribution in [1.29, 1.82) is 0 Å². The van der Waals surface area contributed by atoms with Gasteiger partial charge in [-0.05, 0) is 48.9 Å². The first-order valence-electron chi connectivity index (χ1n) is 11.0. The van der Waals surface area contributed by atoms with Gasteiger partial charge in [0.05, 0.1) is 30.3 Å². The molecule has 8 heteroatoms. The largest absolute Gasteiger partial charge is 0.495 e. The second-order valence-corrected chi connectivity index (χ2v) is 10.2. The van der Waals surface area contributed by atoms with Crippen LogP contribution in [0.25, 0.3) is 0 Å². The second-order valence-electron chi connectivity index (χ2n) is 8.22. The van der Waals surface area contributed by atoms with E-state index in [1.54, 1.807) is 41.3 Å². The maximum atomic E-state index is 13.2. The highest BCUT2D eigenvalue weighted by Gasteiger charge is 2.30. The van der Waals surface area contributed by atoms with Gasteiger partial charge in [-0.1, -0.05) is 42.5 Å². The first kappa shape index (κ1) is 23.8. The summed E-state index contributed by atoms with van der Waals surface area (Å²) in [6.07, 6.45) is -0.319. The van der Waals surface area contributed by atoms with Gasteiger partial charge < -0.3 is 14.4 Å². The van der Waals surface area contributed by atoms with Crippen molar-refractivity contribution in [2.75, 3.05) is 31.6 Å². The molecule has 0 aromatic heterocycles. The van der Waals surface area contributed by atoms with Crippen molar-refractivity contribution >= 4 is 21.6 Å². The van der Waals surface area contributed by atoms with E-state index < -0.39 is 10.0 Å². The molecule has 0 radical (unpaired) electrons. The zero-order valence-corrected chi connectivity index (χ0v) is 20.2. The van der Waals surface area contributed by atoms with Crippen LogP contribution >= 0.6 is 0 Å². The summed E-state index contributed by atoms with van der Waals surface area (Å²) in [4.78, 5) is 15.1. The van der Waals surface area contributed by atoms with E-state index in [4.69, 9.17) is 9.47 Å². The van der Waals surface area contributed by atoms with Crippen LogP contribution < -0.4 is 9.04 Å². The van der Waals surface area contributed by atoms with Crippen LogP contribution in [0, 0.1) is 0 Å². The van der Waals surface area contributed by atoms with Gasteiger partial charge in [0.1, 0.15) is 11.9 Å². The standard InChI is InChI=1S/C26H28N2O5S/c1-19-17-28(18-25(33-19)20-9-5-4-6-10-20)26(29)21-13-15-22(16-14-21)34(30,31)27(2)23-11-7-8-12-24(23)32-3/h4-16,19,25H,17-18H2,1-3H3. The highest BCUT2D eigenvalue weighted by molar-refractivity contribution is 7.92. The third-order valence-corrected chi connectivity index (χ3v) is 7.69. The summed E-state index contributed by atoms with van der Waals surface area (Å²) in [6, 6.07) is 22.8. The molecular formula is C26H28N2O5S. The molecule has 0 spiro atoms. The van der Waals surface area contributed by atoms with E-state index in [9.17, 15) is 13.2 Å². The summed E-state index contributed by atoms with van der Waals surface area (Å²) in [7, 11) is -0.865. The average molecular weight is 481 g/mol. The number of benzene rings is 3. The molecule has 1 heterocycles. The van der Waals surface area contributed by atoms with Crippen molar-refractivity contribution in [2.45, 2.75) is 24.0 Å². The monoisotopic (exact) mass is 480 g/mol. The van der Waals surface area contributed by atoms with Gasteiger partial charge in [-0.15, -0.1) is 0 Å². The molecular weight excluding hydrogens is 452 g/mol. The Hall–Kier alpha value is -3.36. The highest BCUT2D eigenvalue weighted by Crippen LogP contribution is 2.31. The van der Waals surface area contributed by atoms with Crippen LogP contribution in [0.1, 0.15) is 28.9 Å². The Morgan fingerprint density at radius 3 is 2.29 bits per heavy atom. The summed E-state index contributed by atoms with van der Waals surface area (Å²) in [5.74, 6) is 0.299. The van der Waals surface area contributed by atoms with Crippen LogP contribution in [0.2, 0.25) is 0 Å². The Morgan fingerprint density at radius 2 is 1.62 bits per heavy atom. The first-order chi connectivity index (χ1) is 16.3. The second kappa shape index (κ2) is 9.87. The zero-order chi connectivity index (χ0) is 24.3. The molecule has 3 aromatic carbocycles. The van der Waals surface area contributed by atoms with Crippen molar-refractivity contribution < 1.29 is 22.7 Å². The van der Waals surface area contributed by atoms with Crippen LogP contribution in [-0.2, 0) is 14.8 Å². The van der Waals surface area contributed by atoms with Crippen LogP contribution in [0.4, 0.5) is 5.69 Å². The molecule has 0 bridgehead atoms. The van der Waals surface area contributed by atoms with E-state index in [2.05, 4.69) is 0 Å². The molecule has 1 amide bonds. The number of hydrogen-bond acceptors (Lipinski definition) is 5. The molecule has 1 fully saturated rings. The van der Waals surface area contributed by atoms with Crippen LogP contribution in [0.15, 0.2) is 83.8 Å². The van der Waals surface area contributed by atoms with E-state index in [0.29, 0.717) is 30.1 Å². The minimum atomic E-state index is -3.84. The Balaban J connectivity index is 1.53. The molecule has 4 rings (SSSR count). The molecule has 0 aliphatic carbocycles. The quantitative estimate of drug-likeness (QED) is 0.531. The van der Waals surface area contributed by atoms with Crippen LogP contribution in [-0.4, -0.2) is 52.6 Å². The van der Waals surface area contributed by atoms with Gasteiger partial charge in [-0.2, -0.15) is 0 Å². The Morgan fingerprint density at radius 1 is 0.971 bits per heavy atom. The number of methoxy groups -OCH3 is 1. The van der Waals surface area contributed by atoms with E-state index in [-0.39, 0.29) is 23.0 Å². The topological polar surface area (TPSA) is 76.2 Å². The van der Waals surface area contributed by atoms with Crippen molar-refractivity contribution in [2.24, 2.45) is 0 Å². The average Bonchev–Trinajstić information content (AvgIpc) is 2.88. The molecule has 1 saturated heterocycles. The number of nitrogens with zero attached hydrogens (tertiary/aromatic N) is 2. The minimum absolute atomic E-state index is 0.0926. The fourth-order valence-corrected chi connectivity index (χ4v) is 5.30. The minimum Gasteiger partial charge on any atom is -0.495 e. The lowest BCUT2D eigenvalue weighted by molar-refractivity contribution is -0.0691. The molecule has 178 valence electrons. The first-order valence-corrected chi connectivity index (χ1v) is 12.5. The van der Waals surface area contributed by atoms with Crippen LogP contribution in [0.5, 0.6) is 5.75 Å². The van der Waals surface area contributed by atoms with E-state index in [1.165, 1.54) is 30.6 Å². The highest BCUT2D eigenvalue weighted by atomic mass is 32.2. The molecule has 2 atom stereocenters. The number of amides is 1. The number of morpholine rings is 1. The lowest BCUT2D eigenvalue weighted by atomic mass is 10.1. The number of carbonyl (C=O) groups excluding carboxylic acids is 1. The van der Waals surface area contributed by atoms with Gasteiger partial charge in [0.2, 0.25) is 0 Å². The molecule has 7 nitrogen and oxygen atoms in total. The molecule has 3 aromatic rings.